The van der Waals surface area contributed by atoms with Crippen LogP contribution in [0.15, 0.2) is 48.5 Å². The van der Waals surface area contributed by atoms with Crippen LogP contribution in [0.4, 0.5) is 0 Å². The quantitative estimate of drug-likeness (QED) is 0.450. The summed E-state index contributed by atoms with van der Waals surface area (Å²) >= 11 is 0. The predicted octanol–water partition coefficient (Wildman–Crippen LogP) is 4.67. The fourth-order valence-corrected chi connectivity index (χ4v) is 3.16. The van der Waals surface area contributed by atoms with Gasteiger partial charge in [-0.05, 0) is 72.8 Å². The first-order valence-electron chi connectivity index (χ1n) is 8.24. The van der Waals surface area contributed by atoms with Crippen LogP contribution in [0.3, 0.4) is 0 Å². The molecule has 0 saturated heterocycles. The van der Waals surface area contributed by atoms with Gasteiger partial charge in [0.15, 0.2) is 0 Å². The Morgan fingerprint density at radius 3 is 1.56 bits per heavy atom. The largest absolute Gasteiger partial charge is 0.355 e. The van der Waals surface area contributed by atoms with Crippen molar-refractivity contribution in [3.8, 4) is 0 Å². The Labute approximate surface area is 144 Å². The molecule has 5 heterocycles. The second-order valence-electron chi connectivity index (χ2n) is 6.28. The number of H-pyrrole nitrogens is 1. The number of fused-ring (bicyclic) bond motifs is 8. The van der Waals surface area contributed by atoms with E-state index in [1.54, 1.807) is 0 Å². The molecule has 8 bridgehead atoms. The maximum atomic E-state index is 4.68. The highest BCUT2D eigenvalue weighted by Gasteiger charge is 2.02. The van der Waals surface area contributed by atoms with E-state index in [1.165, 1.54) is 0 Å². The van der Waals surface area contributed by atoms with Gasteiger partial charge in [0.1, 0.15) is 0 Å². The van der Waals surface area contributed by atoms with Crippen molar-refractivity contribution in [1.82, 2.24) is 19.5 Å². The fraction of sp³-hybridized carbons (Fsp3) is 0.0476. The van der Waals surface area contributed by atoms with Gasteiger partial charge < -0.3 is 9.55 Å². The molecule has 0 aliphatic carbocycles. The zero-order chi connectivity index (χ0) is 16.8. The first-order chi connectivity index (χ1) is 12.2. The summed E-state index contributed by atoms with van der Waals surface area (Å²) in [6, 6.07) is 16.6. The van der Waals surface area contributed by atoms with Gasteiger partial charge in [-0.3, -0.25) is 0 Å². The first kappa shape index (κ1) is 14.0. The van der Waals surface area contributed by atoms with Crippen molar-refractivity contribution in [3.63, 3.8) is 0 Å². The maximum Gasteiger partial charge on any atom is 0.0658 e. The van der Waals surface area contributed by atoms with Crippen molar-refractivity contribution in [1.29, 1.82) is 0 Å². The molecule has 2 aliphatic heterocycles. The van der Waals surface area contributed by atoms with Gasteiger partial charge in [0.05, 0.1) is 22.8 Å². The van der Waals surface area contributed by atoms with E-state index in [1.807, 2.05) is 24.3 Å². The number of hydrogen-bond donors (Lipinski definition) is 1. The molecule has 0 aromatic carbocycles. The van der Waals surface area contributed by atoms with E-state index < -0.39 is 0 Å². The summed E-state index contributed by atoms with van der Waals surface area (Å²) in [7, 11) is 2.06. The molecular formula is C21H16N4. The van der Waals surface area contributed by atoms with Crippen LogP contribution in [0.5, 0.6) is 0 Å². The SMILES string of the molecule is Cn1c2ccc1cc1nc(cc3ccc(cc4nc(c2)C=C4)[nH]3)C=C1. The van der Waals surface area contributed by atoms with Crippen LogP contribution >= 0.6 is 0 Å². The van der Waals surface area contributed by atoms with Crippen LogP contribution in [0.2, 0.25) is 0 Å². The van der Waals surface area contributed by atoms with Crippen molar-refractivity contribution in [2.45, 2.75) is 0 Å². The van der Waals surface area contributed by atoms with Crippen LogP contribution in [-0.2, 0) is 7.05 Å². The minimum Gasteiger partial charge on any atom is -0.355 e. The van der Waals surface area contributed by atoms with Gasteiger partial charge in [0, 0.05) is 29.1 Å². The Bertz CT molecular complexity index is 1110. The zero-order valence-electron chi connectivity index (χ0n) is 13.8. The predicted molar refractivity (Wildman–Crippen MR) is 103 cm³/mol. The fourth-order valence-electron chi connectivity index (χ4n) is 3.16. The van der Waals surface area contributed by atoms with Crippen LogP contribution < -0.4 is 0 Å². The number of hydrogen-bond acceptors (Lipinski definition) is 2. The number of aromatic amines is 1. The summed E-state index contributed by atoms with van der Waals surface area (Å²) in [6.45, 7) is 0. The topological polar surface area (TPSA) is 46.5 Å². The lowest BCUT2D eigenvalue weighted by Crippen LogP contribution is -1.86. The van der Waals surface area contributed by atoms with E-state index in [0.717, 1.165) is 44.8 Å². The lowest BCUT2D eigenvalue weighted by Gasteiger charge is -1.95. The molecule has 0 amide bonds. The summed E-state index contributed by atoms with van der Waals surface area (Å²) in [4.78, 5) is 12.8. The molecule has 0 radical (unpaired) electrons. The molecule has 0 fully saturated rings. The van der Waals surface area contributed by atoms with E-state index in [9.17, 15) is 0 Å². The maximum absolute atomic E-state index is 4.68. The molecule has 5 rings (SSSR count). The summed E-state index contributed by atoms with van der Waals surface area (Å²) < 4.78 is 2.15. The van der Waals surface area contributed by atoms with Gasteiger partial charge in [0.2, 0.25) is 0 Å². The van der Waals surface area contributed by atoms with E-state index in [0.29, 0.717) is 0 Å². The van der Waals surface area contributed by atoms with Crippen LogP contribution in [-0.4, -0.2) is 19.5 Å². The lowest BCUT2D eigenvalue weighted by molar-refractivity contribution is 1.01. The minimum absolute atomic E-state index is 0.946. The molecule has 25 heavy (non-hydrogen) atoms. The van der Waals surface area contributed by atoms with Gasteiger partial charge in [-0.15, -0.1) is 0 Å². The summed E-state index contributed by atoms with van der Waals surface area (Å²) in [5, 5.41) is 0. The van der Waals surface area contributed by atoms with Crippen LogP contribution in [0.25, 0.3) is 46.4 Å². The van der Waals surface area contributed by atoms with Crippen molar-refractivity contribution >= 4 is 46.4 Å². The average Bonchev–Trinajstić information content (AvgIpc) is 3.36. The molecule has 4 nitrogen and oxygen atoms in total. The molecule has 2 aliphatic rings. The highest BCUT2D eigenvalue weighted by Crippen LogP contribution is 2.18. The first-order valence-corrected chi connectivity index (χ1v) is 8.24. The third-order valence-electron chi connectivity index (χ3n) is 4.49. The zero-order valence-corrected chi connectivity index (χ0v) is 13.8. The van der Waals surface area contributed by atoms with Gasteiger partial charge in [-0.25, -0.2) is 9.97 Å². The second kappa shape index (κ2) is 5.31. The Hall–Kier alpha value is -3.40. The Morgan fingerprint density at radius 2 is 1.08 bits per heavy atom. The van der Waals surface area contributed by atoms with Gasteiger partial charge in [0.25, 0.3) is 0 Å². The van der Waals surface area contributed by atoms with E-state index in [-0.39, 0.29) is 0 Å². The lowest BCUT2D eigenvalue weighted by atomic mass is 10.3. The molecule has 1 N–H and O–H groups in total. The third-order valence-corrected chi connectivity index (χ3v) is 4.49. The highest BCUT2D eigenvalue weighted by molar-refractivity contribution is 5.77. The monoisotopic (exact) mass is 324 g/mol. The Morgan fingerprint density at radius 1 is 0.640 bits per heavy atom. The third kappa shape index (κ3) is 2.58. The molecule has 4 heteroatoms. The minimum atomic E-state index is 0.946. The number of nitrogens with one attached hydrogen (secondary N) is 1. The van der Waals surface area contributed by atoms with E-state index >= 15 is 0 Å². The molecule has 0 unspecified atom stereocenters. The van der Waals surface area contributed by atoms with Crippen molar-refractivity contribution in [2.75, 3.05) is 0 Å². The van der Waals surface area contributed by atoms with Gasteiger partial charge in [-0.1, -0.05) is 0 Å². The number of aromatic nitrogens is 4. The van der Waals surface area contributed by atoms with Crippen LogP contribution in [0.1, 0.15) is 22.8 Å². The van der Waals surface area contributed by atoms with Crippen molar-refractivity contribution in [3.05, 3.63) is 71.3 Å². The number of rotatable bonds is 0. The molecule has 0 saturated carbocycles. The molecule has 0 spiro atoms. The average molecular weight is 324 g/mol. The Balaban J connectivity index is 1.88. The van der Waals surface area contributed by atoms with E-state index in [4.69, 9.17) is 0 Å². The summed E-state index contributed by atoms with van der Waals surface area (Å²) in [5.74, 6) is 0. The highest BCUT2D eigenvalue weighted by atomic mass is 14.9. The normalized spacial score (nSPS) is 12.7. The number of nitrogens with zero attached hydrogens (tertiary/aromatic N) is 3. The Kier molecular flexibility index (Phi) is 2.97. The van der Waals surface area contributed by atoms with E-state index in [2.05, 4.69) is 75.1 Å². The molecular weight excluding hydrogens is 308 g/mol. The van der Waals surface area contributed by atoms with Gasteiger partial charge >= 0.3 is 0 Å². The van der Waals surface area contributed by atoms with Crippen molar-refractivity contribution in [2.24, 2.45) is 7.05 Å². The summed E-state index contributed by atoms with van der Waals surface area (Å²) in [6.07, 6.45) is 8.16. The smallest absolute Gasteiger partial charge is 0.0658 e. The molecule has 0 atom stereocenters. The van der Waals surface area contributed by atoms with Gasteiger partial charge in [-0.2, -0.15) is 0 Å². The standard InChI is InChI=1S/C21H16N4/c1-25-20-8-9-21(25)13-19-7-5-17(24-19)11-15-3-2-14(22-15)10-16-4-6-18(12-20)23-16/h2-13,22H,1H3. The second-order valence-corrected chi connectivity index (χ2v) is 6.28. The summed E-state index contributed by atoms with van der Waals surface area (Å²) in [5.41, 5.74) is 8.09. The molecule has 3 aromatic heterocycles. The molecule has 3 aromatic rings. The van der Waals surface area contributed by atoms with Crippen molar-refractivity contribution < 1.29 is 0 Å². The number of aryl methyl sites for hydroxylation is 1. The van der Waals surface area contributed by atoms with Crippen LogP contribution in [0, 0.1) is 0 Å². The molecule has 120 valence electrons.